The standard InChI is InChI=1S/C25H21Br2ClN2O3/c1-4-13(2)14-6-8-22-21(9-14)30-25(33-22)15-5-7-19(28)20(10-15)29-24(31)17-11-16(26)12-18(27)23(17)32-3/h5-13H,4H2,1-3H3,(H,29,31)/t13-/m1/s1. The van der Waals surface area contributed by atoms with Crippen LogP contribution in [0.25, 0.3) is 22.6 Å². The van der Waals surface area contributed by atoms with Gasteiger partial charge >= 0.3 is 0 Å². The van der Waals surface area contributed by atoms with E-state index in [-0.39, 0.29) is 5.91 Å². The molecule has 5 nitrogen and oxygen atoms in total. The number of oxazole rings is 1. The second-order valence-electron chi connectivity index (χ2n) is 7.67. The van der Waals surface area contributed by atoms with Gasteiger partial charge in [-0.25, -0.2) is 4.98 Å². The van der Waals surface area contributed by atoms with Gasteiger partial charge in [-0.15, -0.1) is 0 Å². The Bertz CT molecular complexity index is 1350. The Kier molecular flexibility index (Phi) is 7.12. The number of nitrogens with one attached hydrogen (secondary N) is 1. The molecule has 4 aromatic rings. The minimum Gasteiger partial charge on any atom is -0.495 e. The summed E-state index contributed by atoms with van der Waals surface area (Å²) in [6, 6.07) is 14.8. The van der Waals surface area contributed by atoms with Crippen molar-refractivity contribution in [3.05, 3.63) is 73.6 Å². The minimum atomic E-state index is -0.358. The number of hydrogen-bond donors (Lipinski definition) is 1. The van der Waals surface area contributed by atoms with Crippen LogP contribution in [-0.2, 0) is 0 Å². The SMILES string of the molecule is CC[C@@H](C)c1ccc2oc(-c3ccc(Cl)c(NC(=O)c4cc(Br)cc(Br)c4OC)c3)nc2c1. The molecule has 0 bridgehead atoms. The molecule has 1 aromatic heterocycles. The molecule has 0 aliphatic rings. The summed E-state index contributed by atoms with van der Waals surface area (Å²) in [5, 5.41) is 3.27. The average molecular weight is 593 g/mol. The number of carbonyl (C=O) groups excluding carboxylic acids is 1. The molecule has 0 aliphatic carbocycles. The van der Waals surface area contributed by atoms with Gasteiger partial charge in [0.2, 0.25) is 5.89 Å². The maximum atomic E-state index is 13.0. The fourth-order valence-corrected chi connectivity index (χ4v) is 5.04. The number of methoxy groups -OCH3 is 1. The van der Waals surface area contributed by atoms with Gasteiger partial charge in [-0.2, -0.15) is 0 Å². The lowest BCUT2D eigenvalue weighted by Gasteiger charge is -2.13. The second kappa shape index (κ2) is 9.87. The lowest BCUT2D eigenvalue weighted by Crippen LogP contribution is -2.14. The third-order valence-electron chi connectivity index (χ3n) is 5.51. The molecule has 0 unspecified atom stereocenters. The normalized spacial score (nSPS) is 12.1. The number of fused-ring (bicyclic) bond motifs is 1. The van der Waals surface area contributed by atoms with Crippen LogP contribution in [0.1, 0.15) is 42.1 Å². The van der Waals surface area contributed by atoms with E-state index in [1.807, 2.05) is 18.2 Å². The molecule has 170 valence electrons. The summed E-state index contributed by atoms with van der Waals surface area (Å²) >= 11 is 13.2. The van der Waals surface area contributed by atoms with Gasteiger partial charge < -0.3 is 14.5 Å². The van der Waals surface area contributed by atoms with Crippen LogP contribution in [-0.4, -0.2) is 18.0 Å². The van der Waals surface area contributed by atoms with Gasteiger partial charge in [-0.05, 0) is 76.3 Å². The molecule has 4 rings (SSSR count). The number of benzene rings is 3. The summed E-state index contributed by atoms with van der Waals surface area (Å²) in [6.45, 7) is 4.35. The Morgan fingerprint density at radius 2 is 1.97 bits per heavy atom. The first-order valence-corrected chi connectivity index (χ1v) is 12.3. The molecule has 0 spiro atoms. The number of ether oxygens (including phenoxy) is 1. The number of carbonyl (C=O) groups is 1. The van der Waals surface area contributed by atoms with E-state index in [4.69, 9.17) is 20.8 Å². The van der Waals surface area contributed by atoms with E-state index >= 15 is 0 Å². The molecule has 0 saturated carbocycles. The first-order chi connectivity index (χ1) is 15.8. The Balaban J connectivity index is 1.67. The third kappa shape index (κ3) is 4.95. The van der Waals surface area contributed by atoms with Crippen molar-refractivity contribution in [3.63, 3.8) is 0 Å². The van der Waals surface area contributed by atoms with Crippen molar-refractivity contribution < 1.29 is 13.9 Å². The van der Waals surface area contributed by atoms with E-state index < -0.39 is 0 Å². The van der Waals surface area contributed by atoms with Gasteiger partial charge in [0.1, 0.15) is 11.3 Å². The Morgan fingerprint density at radius 1 is 1.18 bits per heavy atom. The Labute approximate surface area is 213 Å². The lowest BCUT2D eigenvalue weighted by molar-refractivity contribution is 0.102. The third-order valence-corrected chi connectivity index (χ3v) is 6.89. The number of nitrogens with zero attached hydrogens (tertiary/aromatic N) is 1. The van der Waals surface area contributed by atoms with Crippen LogP contribution in [0.3, 0.4) is 0 Å². The topological polar surface area (TPSA) is 64.4 Å². The first-order valence-electron chi connectivity index (χ1n) is 10.4. The fourth-order valence-electron chi connectivity index (χ4n) is 3.49. The molecule has 0 aliphatic heterocycles. The van der Waals surface area contributed by atoms with Gasteiger partial charge in [0, 0.05) is 10.0 Å². The summed E-state index contributed by atoms with van der Waals surface area (Å²) in [5.74, 6) is 0.978. The smallest absolute Gasteiger partial charge is 0.259 e. The molecule has 0 saturated heterocycles. The van der Waals surface area contributed by atoms with E-state index in [2.05, 4.69) is 68.1 Å². The Morgan fingerprint density at radius 3 is 2.70 bits per heavy atom. The number of halogens is 3. The molecular weight excluding hydrogens is 572 g/mol. The summed E-state index contributed by atoms with van der Waals surface area (Å²) in [6.07, 6.45) is 1.05. The number of aromatic nitrogens is 1. The quantitative estimate of drug-likeness (QED) is 0.244. The maximum Gasteiger partial charge on any atom is 0.259 e. The van der Waals surface area contributed by atoms with E-state index in [0.717, 1.165) is 16.4 Å². The molecule has 1 N–H and O–H groups in total. The maximum absolute atomic E-state index is 13.0. The molecule has 1 atom stereocenters. The molecule has 1 heterocycles. The molecule has 33 heavy (non-hydrogen) atoms. The number of rotatable bonds is 6. The van der Waals surface area contributed by atoms with Gasteiger partial charge in [0.15, 0.2) is 5.58 Å². The summed E-state index contributed by atoms with van der Waals surface area (Å²) in [7, 11) is 1.51. The highest BCUT2D eigenvalue weighted by Gasteiger charge is 2.19. The van der Waals surface area contributed by atoms with Crippen LogP contribution in [0.5, 0.6) is 5.75 Å². The van der Waals surface area contributed by atoms with Crippen LogP contribution >= 0.6 is 43.5 Å². The number of hydrogen-bond acceptors (Lipinski definition) is 4. The summed E-state index contributed by atoms with van der Waals surface area (Å²) in [5.41, 5.74) is 4.24. The molecule has 1 amide bonds. The van der Waals surface area contributed by atoms with Crippen LogP contribution in [0.15, 0.2) is 61.9 Å². The van der Waals surface area contributed by atoms with E-state index in [0.29, 0.717) is 49.5 Å². The van der Waals surface area contributed by atoms with Gasteiger partial charge in [-0.1, -0.05) is 47.4 Å². The van der Waals surface area contributed by atoms with Crippen molar-refractivity contribution in [2.75, 3.05) is 12.4 Å². The molecule has 3 aromatic carbocycles. The molecular formula is C25H21Br2ClN2O3. The highest BCUT2D eigenvalue weighted by molar-refractivity contribution is 9.11. The highest BCUT2D eigenvalue weighted by atomic mass is 79.9. The fraction of sp³-hybridized carbons (Fsp3) is 0.200. The van der Waals surface area contributed by atoms with Crippen molar-refractivity contribution >= 4 is 66.2 Å². The van der Waals surface area contributed by atoms with Crippen LogP contribution in [0, 0.1) is 0 Å². The monoisotopic (exact) mass is 590 g/mol. The van der Waals surface area contributed by atoms with E-state index in [9.17, 15) is 4.79 Å². The average Bonchev–Trinajstić information content (AvgIpc) is 3.22. The van der Waals surface area contributed by atoms with Crippen molar-refractivity contribution in [2.24, 2.45) is 0 Å². The summed E-state index contributed by atoms with van der Waals surface area (Å²) in [4.78, 5) is 17.7. The van der Waals surface area contributed by atoms with Crippen molar-refractivity contribution in [1.82, 2.24) is 4.98 Å². The molecule has 0 fully saturated rings. The molecule has 0 radical (unpaired) electrons. The van der Waals surface area contributed by atoms with Gasteiger partial charge in [-0.3, -0.25) is 4.79 Å². The van der Waals surface area contributed by atoms with E-state index in [1.165, 1.54) is 12.7 Å². The van der Waals surface area contributed by atoms with Crippen molar-refractivity contribution in [1.29, 1.82) is 0 Å². The first kappa shape index (κ1) is 23.8. The summed E-state index contributed by atoms with van der Waals surface area (Å²) < 4.78 is 12.8. The van der Waals surface area contributed by atoms with E-state index in [1.54, 1.807) is 18.2 Å². The second-order valence-corrected chi connectivity index (χ2v) is 9.85. The van der Waals surface area contributed by atoms with Crippen molar-refractivity contribution in [3.8, 4) is 17.2 Å². The minimum absolute atomic E-state index is 0.358. The largest absolute Gasteiger partial charge is 0.495 e. The predicted molar refractivity (Wildman–Crippen MR) is 140 cm³/mol. The lowest BCUT2D eigenvalue weighted by atomic mass is 9.98. The van der Waals surface area contributed by atoms with Crippen LogP contribution in [0.4, 0.5) is 5.69 Å². The molecule has 8 heteroatoms. The zero-order valence-electron chi connectivity index (χ0n) is 18.2. The highest BCUT2D eigenvalue weighted by Crippen LogP contribution is 2.35. The van der Waals surface area contributed by atoms with Crippen molar-refractivity contribution in [2.45, 2.75) is 26.2 Å². The van der Waals surface area contributed by atoms with Gasteiger partial charge in [0.05, 0.1) is 27.9 Å². The zero-order chi connectivity index (χ0) is 23.7. The number of anilines is 1. The Hall–Kier alpha value is -2.35. The predicted octanol–water partition coefficient (Wildman–Crippen LogP) is 8.45. The number of amides is 1. The zero-order valence-corrected chi connectivity index (χ0v) is 22.1. The van der Waals surface area contributed by atoms with Crippen LogP contribution < -0.4 is 10.1 Å². The van der Waals surface area contributed by atoms with Crippen LogP contribution in [0.2, 0.25) is 5.02 Å². The van der Waals surface area contributed by atoms with Gasteiger partial charge in [0.25, 0.3) is 5.91 Å².